The van der Waals surface area contributed by atoms with Gasteiger partial charge in [-0.1, -0.05) is 24.8 Å². The molecule has 0 aliphatic rings. The Kier molecular flexibility index (Phi) is 2.53. The van der Waals surface area contributed by atoms with Gasteiger partial charge in [-0.25, -0.2) is 0 Å². The summed E-state index contributed by atoms with van der Waals surface area (Å²) in [4.78, 5) is 22.2. The molecule has 0 unspecified atom stereocenters. The highest BCUT2D eigenvalue weighted by Gasteiger charge is 2.02. The van der Waals surface area contributed by atoms with E-state index in [0.717, 1.165) is 6.08 Å². The molecule has 2 nitrogen and oxygen atoms in total. The van der Waals surface area contributed by atoms with Crippen molar-refractivity contribution in [3.63, 3.8) is 0 Å². The molecule has 1 aromatic carbocycles. The summed E-state index contributed by atoms with van der Waals surface area (Å²) >= 11 is 0. The molecule has 0 bridgehead atoms. The van der Waals surface area contributed by atoms with Gasteiger partial charge in [0.15, 0.2) is 11.2 Å². The van der Waals surface area contributed by atoms with Gasteiger partial charge in [0.1, 0.15) is 0 Å². The molecule has 0 spiro atoms. The Bertz CT molecular complexity index is 366. The summed E-state index contributed by atoms with van der Waals surface area (Å²) in [6.07, 6.45) is 1.14. The molecule has 0 atom stereocenters. The van der Waals surface area contributed by atoms with Crippen LogP contribution in [0.4, 0.5) is 0 Å². The van der Waals surface area contributed by atoms with Gasteiger partial charge in [0.2, 0.25) is 0 Å². The number of ketones is 1. The fourth-order valence-electron chi connectivity index (χ4n) is 0.844. The monoisotopic (exact) mass is 160 g/mol. The largest absolute Gasteiger partial charge is 0.289 e. The van der Waals surface area contributed by atoms with E-state index in [-0.39, 0.29) is 16.8 Å². The summed E-state index contributed by atoms with van der Waals surface area (Å²) < 4.78 is 0. The van der Waals surface area contributed by atoms with Crippen LogP contribution in [0.1, 0.15) is 10.4 Å². The van der Waals surface area contributed by atoms with Crippen LogP contribution in [0.3, 0.4) is 0 Å². The van der Waals surface area contributed by atoms with Crippen molar-refractivity contribution in [3.8, 4) is 0 Å². The Morgan fingerprint density at radius 2 is 1.92 bits per heavy atom. The second kappa shape index (κ2) is 3.62. The lowest BCUT2D eigenvalue weighted by Gasteiger charge is -1.85. The fraction of sp³-hybridized carbons (Fsp3) is 0. The molecular weight excluding hydrogens is 152 g/mol. The Morgan fingerprint density at radius 3 is 2.58 bits per heavy atom. The molecule has 0 radical (unpaired) electrons. The van der Waals surface area contributed by atoms with Crippen LogP contribution in [0.25, 0.3) is 0 Å². The zero-order valence-corrected chi connectivity index (χ0v) is 6.49. The number of hydrogen-bond donors (Lipinski definition) is 0. The molecule has 0 aromatic heterocycles. The molecule has 1 rings (SSSR count). The zero-order valence-electron chi connectivity index (χ0n) is 6.49. The van der Waals surface area contributed by atoms with Crippen molar-refractivity contribution in [2.24, 2.45) is 0 Å². The maximum absolute atomic E-state index is 11.2. The maximum Gasteiger partial charge on any atom is 0.189 e. The van der Waals surface area contributed by atoms with E-state index >= 15 is 0 Å². The Labute approximate surface area is 70.2 Å². The van der Waals surface area contributed by atoms with E-state index in [1.807, 2.05) is 0 Å². The zero-order chi connectivity index (χ0) is 8.97. The predicted molar refractivity (Wildman–Crippen MR) is 47.2 cm³/mol. The quantitative estimate of drug-likeness (QED) is 0.484. The van der Waals surface area contributed by atoms with E-state index in [2.05, 4.69) is 6.58 Å². The first-order valence-electron chi connectivity index (χ1n) is 3.52. The van der Waals surface area contributed by atoms with Gasteiger partial charge in [-0.2, -0.15) is 0 Å². The third kappa shape index (κ3) is 1.66. The number of rotatable bonds is 2. The summed E-state index contributed by atoms with van der Waals surface area (Å²) in [5.74, 6) is -0.337. The molecule has 1 aromatic rings. The third-order valence-corrected chi connectivity index (χ3v) is 1.45. The normalized spacial score (nSPS) is 9.00. The van der Waals surface area contributed by atoms with E-state index in [1.54, 1.807) is 18.2 Å². The van der Waals surface area contributed by atoms with Gasteiger partial charge in [-0.3, -0.25) is 9.59 Å². The van der Waals surface area contributed by atoms with Gasteiger partial charge in [-0.15, -0.1) is 0 Å². The van der Waals surface area contributed by atoms with Crippen molar-refractivity contribution < 1.29 is 4.79 Å². The van der Waals surface area contributed by atoms with Gasteiger partial charge in [-0.05, 0) is 18.2 Å². The first kappa shape index (κ1) is 8.40. The first-order chi connectivity index (χ1) is 5.75. The predicted octanol–water partition coefficient (Wildman–Crippen LogP) is 1.42. The Morgan fingerprint density at radius 1 is 1.25 bits per heavy atom. The summed E-state index contributed by atoms with van der Waals surface area (Å²) in [6.45, 7) is 3.31. The lowest BCUT2D eigenvalue weighted by molar-refractivity contribution is 0.104. The average molecular weight is 160 g/mol. The number of carbonyl (C=O) groups excluding carboxylic acids is 1. The second-order valence-corrected chi connectivity index (χ2v) is 2.26. The number of hydrogen-bond acceptors (Lipinski definition) is 2. The van der Waals surface area contributed by atoms with Crippen LogP contribution in [-0.2, 0) is 0 Å². The molecule has 12 heavy (non-hydrogen) atoms. The molecule has 60 valence electrons. The second-order valence-electron chi connectivity index (χ2n) is 2.26. The molecule has 0 aliphatic heterocycles. The van der Waals surface area contributed by atoms with Crippen molar-refractivity contribution >= 4 is 5.78 Å². The standard InChI is InChI=1S/C10H8O2/c1-2-9(11)8-6-4-3-5-7-10(8)12/h2-7H,1H2. The summed E-state index contributed by atoms with van der Waals surface area (Å²) in [7, 11) is 0. The summed E-state index contributed by atoms with van der Waals surface area (Å²) in [6, 6.07) is 7.80. The molecule has 0 N–H and O–H groups in total. The highest BCUT2D eigenvalue weighted by atomic mass is 16.1. The highest BCUT2D eigenvalue weighted by Crippen LogP contribution is 1.92. The minimum atomic E-state index is -0.337. The first-order valence-corrected chi connectivity index (χ1v) is 3.52. The topological polar surface area (TPSA) is 34.1 Å². The maximum atomic E-state index is 11.2. The molecule has 0 aliphatic carbocycles. The lowest BCUT2D eigenvalue weighted by atomic mass is 10.2. The molecule has 2 heteroatoms. The number of carbonyl (C=O) groups is 1. The van der Waals surface area contributed by atoms with Gasteiger partial charge >= 0.3 is 0 Å². The van der Waals surface area contributed by atoms with Gasteiger partial charge in [0.25, 0.3) is 0 Å². The summed E-state index contributed by atoms with van der Waals surface area (Å²) in [5.41, 5.74) is -0.111. The fourth-order valence-corrected chi connectivity index (χ4v) is 0.844. The third-order valence-electron chi connectivity index (χ3n) is 1.45. The van der Waals surface area contributed by atoms with E-state index < -0.39 is 0 Å². The molecule has 0 fully saturated rings. The van der Waals surface area contributed by atoms with Crippen LogP contribution in [-0.4, -0.2) is 5.78 Å². The van der Waals surface area contributed by atoms with E-state index in [1.165, 1.54) is 12.1 Å². The number of allylic oxidation sites excluding steroid dienone is 1. The van der Waals surface area contributed by atoms with Crippen LogP contribution in [0.15, 0.2) is 47.8 Å². The molecule has 0 heterocycles. The van der Waals surface area contributed by atoms with Gasteiger partial charge < -0.3 is 0 Å². The molecule has 0 amide bonds. The van der Waals surface area contributed by atoms with E-state index in [4.69, 9.17) is 0 Å². The van der Waals surface area contributed by atoms with Crippen molar-refractivity contribution in [1.82, 2.24) is 0 Å². The average Bonchev–Trinajstić information content (AvgIpc) is 2.28. The van der Waals surface area contributed by atoms with Crippen LogP contribution >= 0.6 is 0 Å². The van der Waals surface area contributed by atoms with Crippen molar-refractivity contribution in [1.29, 1.82) is 0 Å². The SMILES string of the molecule is C=CC(=O)c1cccccc1=O. The van der Waals surface area contributed by atoms with Crippen LogP contribution in [0, 0.1) is 0 Å². The Hall–Kier alpha value is -1.70. The van der Waals surface area contributed by atoms with Crippen molar-refractivity contribution in [2.75, 3.05) is 0 Å². The highest BCUT2D eigenvalue weighted by molar-refractivity contribution is 6.03. The van der Waals surface area contributed by atoms with Crippen molar-refractivity contribution in [3.05, 3.63) is 58.8 Å². The minimum Gasteiger partial charge on any atom is -0.289 e. The van der Waals surface area contributed by atoms with E-state index in [0.29, 0.717) is 0 Å². The van der Waals surface area contributed by atoms with Crippen LogP contribution in [0.5, 0.6) is 0 Å². The van der Waals surface area contributed by atoms with E-state index in [9.17, 15) is 9.59 Å². The molecular formula is C10H8O2. The van der Waals surface area contributed by atoms with Crippen LogP contribution in [0.2, 0.25) is 0 Å². The molecule has 0 saturated carbocycles. The van der Waals surface area contributed by atoms with Gasteiger partial charge in [0, 0.05) is 0 Å². The molecule has 0 saturated heterocycles. The Balaban J connectivity index is 3.36. The van der Waals surface area contributed by atoms with Gasteiger partial charge in [0.05, 0.1) is 5.56 Å². The smallest absolute Gasteiger partial charge is 0.189 e. The summed E-state index contributed by atoms with van der Waals surface area (Å²) in [5, 5.41) is 0. The minimum absolute atomic E-state index is 0.162. The van der Waals surface area contributed by atoms with Crippen molar-refractivity contribution in [2.45, 2.75) is 0 Å². The van der Waals surface area contributed by atoms with Crippen LogP contribution < -0.4 is 5.43 Å². The lowest BCUT2D eigenvalue weighted by Crippen LogP contribution is -2.08.